The molecule has 1 aromatic heterocycles. The number of carbonyl (C=O) groups excluding carboxylic acids is 1. The minimum Gasteiger partial charge on any atom is -0.379 e. The number of halogens is 1. The van der Waals surface area contributed by atoms with E-state index in [2.05, 4.69) is 15.0 Å². The van der Waals surface area contributed by atoms with Gasteiger partial charge < -0.3 is 14.2 Å². The molecular weight excluding hydrogens is 363 g/mol. The lowest BCUT2D eigenvalue weighted by atomic mass is 10.0. The Bertz CT molecular complexity index is 789. The average molecular weight is 390 g/mol. The fraction of sp³-hybridized carbons (Fsp3) is 0.550. The van der Waals surface area contributed by atoms with Gasteiger partial charge in [0.25, 0.3) is 0 Å². The number of nitrogens with zero attached hydrogens (tertiary/aromatic N) is 4. The summed E-state index contributed by atoms with van der Waals surface area (Å²) in [6.07, 6.45) is 0.500. The molecule has 28 heavy (non-hydrogen) atoms. The van der Waals surface area contributed by atoms with Gasteiger partial charge in [-0.3, -0.25) is 9.69 Å². The summed E-state index contributed by atoms with van der Waals surface area (Å²) in [6, 6.07) is 6.25. The van der Waals surface area contributed by atoms with Crippen molar-refractivity contribution in [1.82, 2.24) is 19.9 Å². The number of hydrogen-bond acceptors (Lipinski definition) is 6. The van der Waals surface area contributed by atoms with Gasteiger partial charge in [-0.1, -0.05) is 17.3 Å². The highest BCUT2D eigenvalue weighted by atomic mass is 19.1. The Balaban J connectivity index is 1.80. The first-order valence-electron chi connectivity index (χ1n) is 9.62. The molecule has 1 atom stereocenters. The largest absolute Gasteiger partial charge is 0.379 e. The van der Waals surface area contributed by atoms with Gasteiger partial charge >= 0.3 is 0 Å². The molecule has 1 aliphatic heterocycles. The van der Waals surface area contributed by atoms with Gasteiger partial charge in [0.05, 0.1) is 13.2 Å². The summed E-state index contributed by atoms with van der Waals surface area (Å²) < 4.78 is 24.8. The van der Waals surface area contributed by atoms with Crippen LogP contribution < -0.4 is 0 Å². The molecule has 0 N–H and O–H groups in total. The predicted octanol–water partition coefficient (Wildman–Crippen LogP) is 2.43. The standard InChI is InChI=1S/C20H27FN4O3/c1-14(2)25(15(3)26)8-7-18-22-20(28-23-18)19(24-9-11-27-12-10-24)16-5-4-6-17(21)13-16/h4-6,13-14,19H,7-12H2,1-3H3. The lowest BCUT2D eigenvalue weighted by Crippen LogP contribution is -2.39. The molecule has 1 fully saturated rings. The Morgan fingerprint density at radius 3 is 2.71 bits per heavy atom. The molecule has 0 spiro atoms. The minimum atomic E-state index is -0.324. The summed E-state index contributed by atoms with van der Waals surface area (Å²) >= 11 is 0. The highest BCUT2D eigenvalue weighted by molar-refractivity contribution is 5.73. The second kappa shape index (κ2) is 9.25. The summed E-state index contributed by atoms with van der Waals surface area (Å²) in [6.45, 7) is 8.63. The van der Waals surface area contributed by atoms with E-state index in [1.54, 1.807) is 17.9 Å². The van der Waals surface area contributed by atoms with E-state index in [1.165, 1.54) is 12.1 Å². The maximum absolute atomic E-state index is 13.8. The lowest BCUT2D eigenvalue weighted by Gasteiger charge is -2.32. The number of amides is 1. The monoisotopic (exact) mass is 390 g/mol. The van der Waals surface area contributed by atoms with Crippen LogP contribution in [0.4, 0.5) is 4.39 Å². The lowest BCUT2D eigenvalue weighted by molar-refractivity contribution is -0.130. The second-order valence-corrected chi connectivity index (χ2v) is 7.21. The van der Waals surface area contributed by atoms with E-state index in [4.69, 9.17) is 9.26 Å². The molecule has 1 aliphatic rings. The van der Waals surface area contributed by atoms with Gasteiger partial charge in [-0.2, -0.15) is 4.98 Å². The zero-order chi connectivity index (χ0) is 20.1. The molecule has 0 saturated carbocycles. The first kappa shape index (κ1) is 20.4. The molecular formula is C20H27FN4O3. The molecule has 0 radical (unpaired) electrons. The fourth-order valence-electron chi connectivity index (χ4n) is 3.50. The van der Waals surface area contributed by atoms with Crippen molar-refractivity contribution in [2.45, 2.75) is 39.3 Å². The van der Waals surface area contributed by atoms with Crippen LogP contribution >= 0.6 is 0 Å². The van der Waals surface area contributed by atoms with Gasteiger partial charge in [0.2, 0.25) is 11.8 Å². The summed E-state index contributed by atoms with van der Waals surface area (Å²) in [4.78, 5) is 20.2. The van der Waals surface area contributed by atoms with Gasteiger partial charge in [0.1, 0.15) is 11.9 Å². The zero-order valence-corrected chi connectivity index (χ0v) is 16.6. The van der Waals surface area contributed by atoms with Crippen molar-refractivity contribution < 1.29 is 18.4 Å². The van der Waals surface area contributed by atoms with E-state index in [-0.39, 0.29) is 23.8 Å². The zero-order valence-electron chi connectivity index (χ0n) is 16.6. The molecule has 2 aromatic rings. The number of rotatable bonds is 7. The summed E-state index contributed by atoms with van der Waals surface area (Å²) in [7, 11) is 0. The van der Waals surface area contributed by atoms with Crippen molar-refractivity contribution in [3.05, 3.63) is 47.4 Å². The van der Waals surface area contributed by atoms with E-state index in [9.17, 15) is 9.18 Å². The van der Waals surface area contributed by atoms with Gasteiger partial charge in [-0.05, 0) is 31.5 Å². The number of benzene rings is 1. The van der Waals surface area contributed by atoms with E-state index in [0.717, 1.165) is 5.56 Å². The van der Waals surface area contributed by atoms with Crippen LogP contribution in [-0.4, -0.2) is 64.7 Å². The smallest absolute Gasteiger partial charge is 0.248 e. The Kier molecular flexibility index (Phi) is 6.74. The van der Waals surface area contributed by atoms with Crippen molar-refractivity contribution in [3.63, 3.8) is 0 Å². The number of morpholine rings is 1. The molecule has 3 rings (SSSR count). The van der Waals surface area contributed by atoms with Gasteiger partial charge in [0, 0.05) is 39.0 Å². The van der Waals surface area contributed by atoms with Crippen LogP contribution in [-0.2, 0) is 16.0 Å². The Morgan fingerprint density at radius 1 is 1.32 bits per heavy atom. The van der Waals surface area contributed by atoms with Crippen LogP contribution in [0.15, 0.2) is 28.8 Å². The van der Waals surface area contributed by atoms with E-state index >= 15 is 0 Å². The molecule has 152 valence electrons. The Morgan fingerprint density at radius 2 is 2.07 bits per heavy atom. The van der Waals surface area contributed by atoms with Crippen LogP contribution in [0.3, 0.4) is 0 Å². The van der Waals surface area contributed by atoms with Crippen LogP contribution in [0, 0.1) is 5.82 Å². The molecule has 0 bridgehead atoms. The summed E-state index contributed by atoms with van der Waals surface area (Å²) in [5, 5.41) is 4.09. The predicted molar refractivity (Wildman–Crippen MR) is 101 cm³/mol. The van der Waals surface area contributed by atoms with Gasteiger partial charge in [0.15, 0.2) is 5.82 Å². The third kappa shape index (κ3) is 4.94. The van der Waals surface area contributed by atoms with Crippen LogP contribution in [0.2, 0.25) is 0 Å². The van der Waals surface area contributed by atoms with E-state index < -0.39 is 0 Å². The van der Waals surface area contributed by atoms with E-state index in [1.807, 2.05) is 19.9 Å². The molecule has 7 nitrogen and oxygen atoms in total. The van der Waals surface area contributed by atoms with Crippen LogP contribution in [0.5, 0.6) is 0 Å². The number of carbonyl (C=O) groups is 1. The molecule has 1 aromatic carbocycles. The second-order valence-electron chi connectivity index (χ2n) is 7.21. The van der Waals surface area contributed by atoms with Crippen molar-refractivity contribution in [1.29, 1.82) is 0 Å². The van der Waals surface area contributed by atoms with Gasteiger partial charge in [-0.15, -0.1) is 0 Å². The maximum Gasteiger partial charge on any atom is 0.248 e. The first-order chi connectivity index (χ1) is 13.5. The maximum atomic E-state index is 13.8. The molecule has 1 amide bonds. The number of hydrogen-bond donors (Lipinski definition) is 0. The SMILES string of the molecule is CC(=O)N(CCc1noc(C(c2cccc(F)c2)N2CCOCC2)n1)C(C)C. The third-order valence-electron chi connectivity index (χ3n) is 4.90. The highest BCUT2D eigenvalue weighted by Crippen LogP contribution is 2.28. The van der Waals surface area contributed by atoms with Crippen molar-refractivity contribution >= 4 is 5.91 Å². The van der Waals surface area contributed by atoms with Crippen LogP contribution in [0.25, 0.3) is 0 Å². The van der Waals surface area contributed by atoms with Crippen molar-refractivity contribution in [2.24, 2.45) is 0 Å². The number of ether oxygens (including phenoxy) is 1. The van der Waals surface area contributed by atoms with Crippen molar-refractivity contribution in [3.8, 4) is 0 Å². The quantitative estimate of drug-likeness (QED) is 0.723. The van der Waals surface area contributed by atoms with Crippen LogP contribution in [0.1, 0.15) is 44.1 Å². The molecule has 1 saturated heterocycles. The Labute approximate surface area is 164 Å². The van der Waals surface area contributed by atoms with Gasteiger partial charge in [-0.25, -0.2) is 4.39 Å². The highest BCUT2D eigenvalue weighted by Gasteiger charge is 2.29. The summed E-state index contributed by atoms with van der Waals surface area (Å²) in [5.41, 5.74) is 0.768. The molecule has 8 heteroatoms. The number of aromatic nitrogens is 2. The molecule has 1 unspecified atom stereocenters. The first-order valence-corrected chi connectivity index (χ1v) is 9.62. The van der Waals surface area contributed by atoms with E-state index in [0.29, 0.717) is 51.0 Å². The topological polar surface area (TPSA) is 71.7 Å². The molecule has 0 aliphatic carbocycles. The third-order valence-corrected chi connectivity index (χ3v) is 4.90. The normalized spacial score (nSPS) is 16.3. The minimum absolute atomic E-state index is 0.0182. The molecule has 2 heterocycles. The Hall–Kier alpha value is -2.32. The van der Waals surface area contributed by atoms with Crippen molar-refractivity contribution in [2.75, 3.05) is 32.8 Å². The summed E-state index contributed by atoms with van der Waals surface area (Å²) in [5.74, 6) is 0.687. The fourth-order valence-corrected chi connectivity index (χ4v) is 3.50. The average Bonchev–Trinajstić information content (AvgIpc) is 3.11.